The summed E-state index contributed by atoms with van der Waals surface area (Å²) in [6.45, 7) is 3.13. The zero-order valence-corrected chi connectivity index (χ0v) is 13.3. The highest BCUT2D eigenvalue weighted by Crippen LogP contribution is 2.28. The van der Waals surface area contributed by atoms with Gasteiger partial charge in [0.2, 0.25) is 0 Å². The van der Waals surface area contributed by atoms with Gasteiger partial charge in [-0.25, -0.2) is 18.7 Å². The van der Waals surface area contributed by atoms with Gasteiger partial charge in [-0.2, -0.15) is 0 Å². The zero-order valence-electron chi connectivity index (χ0n) is 13.3. The van der Waals surface area contributed by atoms with E-state index in [1.165, 1.54) is 42.3 Å². The number of rotatable bonds is 2. The minimum absolute atomic E-state index is 0.0259. The van der Waals surface area contributed by atoms with Crippen LogP contribution < -0.4 is 5.56 Å². The van der Waals surface area contributed by atoms with Crippen LogP contribution in [-0.4, -0.2) is 19.6 Å². The van der Waals surface area contributed by atoms with E-state index in [1.807, 2.05) is 0 Å². The minimum Gasteiger partial charge on any atom is -0.386 e. The van der Waals surface area contributed by atoms with Gasteiger partial charge in [0.25, 0.3) is 5.56 Å². The Morgan fingerprint density at radius 3 is 2.38 bits per heavy atom. The van der Waals surface area contributed by atoms with Crippen molar-refractivity contribution in [2.24, 2.45) is 7.05 Å². The predicted molar refractivity (Wildman–Crippen MR) is 85.4 cm³/mol. The number of hydrogen-bond acceptors (Lipinski definition) is 4. The monoisotopic (exact) mass is 331 g/mol. The molecule has 3 aromatic rings. The van der Waals surface area contributed by atoms with E-state index < -0.39 is 22.8 Å². The Balaban J connectivity index is 2.22. The molecule has 0 aliphatic rings. The van der Waals surface area contributed by atoms with Crippen LogP contribution in [0.3, 0.4) is 0 Å². The number of aromatic nitrogens is 3. The number of fused-ring (bicyclic) bond motifs is 1. The van der Waals surface area contributed by atoms with Crippen molar-refractivity contribution in [2.45, 2.75) is 19.4 Å². The first-order valence-electron chi connectivity index (χ1n) is 7.23. The molecule has 2 aromatic heterocycles. The maximum Gasteiger partial charge on any atom is 0.261 e. The summed E-state index contributed by atoms with van der Waals surface area (Å²) in [5.74, 6) is -2.43. The average molecular weight is 331 g/mol. The van der Waals surface area contributed by atoms with E-state index in [0.717, 1.165) is 0 Å². The lowest BCUT2D eigenvalue weighted by Gasteiger charge is -2.16. The van der Waals surface area contributed by atoms with E-state index in [9.17, 15) is 18.7 Å². The van der Waals surface area contributed by atoms with Crippen molar-refractivity contribution in [3.05, 3.63) is 58.3 Å². The molecule has 2 heterocycles. The highest BCUT2D eigenvalue weighted by atomic mass is 19.2. The summed E-state index contributed by atoms with van der Waals surface area (Å²) in [7, 11) is 1.46. The molecule has 5 nitrogen and oxygen atoms in total. The standard InChI is InChI=1S/C17H15F2N3O2/c1-17(2,24)10-7-20-15(21-8-10)11-6-9-4-5-22(3)16(23)12(9)14(19)13(11)18/h4-8,24H,1-3H3. The van der Waals surface area contributed by atoms with Crippen LogP contribution in [-0.2, 0) is 12.6 Å². The fourth-order valence-corrected chi connectivity index (χ4v) is 2.38. The summed E-state index contributed by atoms with van der Waals surface area (Å²) < 4.78 is 30.0. The number of benzene rings is 1. The molecular weight excluding hydrogens is 316 g/mol. The highest BCUT2D eigenvalue weighted by Gasteiger charge is 2.21. The van der Waals surface area contributed by atoms with Gasteiger partial charge in [-0.15, -0.1) is 0 Å². The van der Waals surface area contributed by atoms with Gasteiger partial charge in [0.05, 0.1) is 16.6 Å². The molecule has 0 fully saturated rings. The molecule has 124 valence electrons. The normalized spacial score (nSPS) is 11.9. The fraction of sp³-hybridized carbons (Fsp3) is 0.235. The third-order valence-electron chi connectivity index (χ3n) is 3.85. The van der Waals surface area contributed by atoms with Crippen LogP contribution in [0, 0.1) is 11.6 Å². The zero-order chi connectivity index (χ0) is 17.6. The second-order valence-corrected chi connectivity index (χ2v) is 6.10. The lowest BCUT2D eigenvalue weighted by atomic mass is 10.0. The molecule has 0 spiro atoms. The summed E-state index contributed by atoms with van der Waals surface area (Å²) in [5.41, 5.74) is -1.45. The minimum atomic E-state index is -1.22. The van der Waals surface area contributed by atoms with Crippen LogP contribution in [0.25, 0.3) is 22.2 Å². The first-order chi connectivity index (χ1) is 11.2. The van der Waals surface area contributed by atoms with Gasteiger partial charge < -0.3 is 9.67 Å². The molecule has 24 heavy (non-hydrogen) atoms. The van der Waals surface area contributed by atoms with Crippen LogP contribution >= 0.6 is 0 Å². The fourth-order valence-electron chi connectivity index (χ4n) is 2.38. The number of nitrogens with zero attached hydrogens (tertiary/aromatic N) is 3. The Morgan fingerprint density at radius 2 is 1.79 bits per heavy atom. The molecular formula is C17H15F2N3O2. The van der Waals surface area contributed by atoms with Crippen molar-refractivity contribution in [3.8, 4) is 11.4 Å². The molecule has 0 amide bonds. The van der Waals surface area contributed by atoms with E-state index in [4.69, 9.17) is 0 Å². The first kappa shape index (κ1) is 16.2. The van der Waals surface area contributed by atoms with E-state index in [1.54, 1.807) is 13.8 Å². The van der Waals surface area contributed by atoms with Gasteiger partial charge in [0.1, 0.15) is 0 Å². The van der Waals surface area contributed by atoms with Gasteiger partial charge in [0.15, 0.2) is 17.5 Å². The van der Waals surface area contributed by atoms with E-state index in [-0.39, 0.29) is 22.2 Å². The second kappa shape index (κ2) is 5.45. The van der Waals surface area contributed by atoms with Gasteiger partial charge in [-0.05, 0) is 31.4 Å². The Morgan fingerprint density at radius 1 is 1.17 bits per heavy atom. The third kappa shape index (κ3) is 2.56. The topological polar surface area (TPSA) is 68.0 Å². The first-order valence-corrected chi connectivity index (χ1v) is 7.23. The van der Waals surface area contributed by atoms with Crippen molar-refractivity contribution in [1.29, 1.82) is 0 Å². The molecule has 1 aromatic carbocycles. The van der Waals surface area contributed by atoms with Crippen molar-refractivity contribution >= 4 is 10.8 Å². The second-order valence-electron chi connectivity index (χ2n) is 6.10. The molecule has 1 N–H and O–H groups in total. The summed E-state index contributed by atoms with van der Waals surface area (Å²) in [6, 6.07) is 2.86. The number of pyridine rings is 1. The molecule has 0 atom stereocenters. The molecule has 0 radical (unpaired) electrons. The SMILES string of the molecule is Cn1ccc2cc(-c3ncc(C(C)(C)O)cn3)c(F)c(F)c2c1=O. The maximum absolute atomic E-state index is 14.4. The molecule has 7 heteroatoms. The average Bonchev–Trinajstić information content (AvgIpc) is 2.53. The molecule has 0 saturated heterocycles. The van der Waals surface area contributed by atoms with Crippen LogP contribution in [0.4, 0.5) is 8.78 Å². The van der Waals surface area contributed by atoms with Crippen molar-refractivity contribution in [2.75, 3.05) is 0 Å². The van der Waals surface area contributed by atoms with E-state index >= 15 is 0 Å². The Hall–Kier alpha value is -2.67. The summed E-state index contributed by atoms with van der Waals surface area (Å²) in [5, 5.41) is 9.85. The van der Waals surface area contributed by atoms with Gasteiger partial charge in [-0.1, -0.05) is 0 Å². The molecule has 0 aliphatic carbocycles. The van der Waals surface area contributed by atoms with Gasteiger partial charge in [0, 0.05) is 31.2 Å². The number of halogens is 2. The number of hydrogen-bond donors (Lipinski definition) is 1. The van der Waals surface area contributed by atoms with Crippen LogP contribution in [0.2, 0.25) is 0 Å². The number of aryl methyl sites for hydroxylation is 1. The summed E-state index contributed by atoms with van der Waals surface area (Å²) >= 11 is 0. The van der Waals surface area contributed by atoms with E-state index in [0.29, 0.717) is 5.56 Å². The quantitative estimate of drug-likeness (QED) is 0.783. The van der Waals surface area contributed by atoms with Crippen molar-refractivity contribution < 1.29 is 13.9 Å². The van der Waals surface area contributed by atoms with Crippen LogP contribution in [0.15, 0.2) is 35.5 Å². The number of aliphatic hydroxyl groups is 1. The van der Waals surface area contributed by atoms with Crippen LogP contribution in [0.5, 0.6) is 0 Å². The third-order valence-corrected chi connectivity index (χ3v) is 3.85. The lowest BCUT2D eigenvalue weighted by molar-refractivity contribution is 0.0778. The molecule has 0 aliphatic heterocycles. The Labute approximate surface area is 136 Å². The largest absolute Gasteiger partial charge is 0.386 e. The summed E-state index contributed by atoms with van der Waals surface area (Å²) in [6.07, 6.45) is 4.19. The lowest BCUT2D eigenvalue weighted by Crippen LogP contribution is -2.18. The smallest absolute Gasteiger partial charge is 0.261 e. The Kier molecular flexibility index (Phi) is 3.68. The van der Waals surface area contributed by atoms with Gasteiger partial charge >= 0.3 is 0 Å². The molecule has 3 rings (SSSR count). The maximum atomic E-state index is 14.4. The summed E-state index contributed by atoms with van der Waals surface area (Å²) in [4.78, 5) is 20.0. The predicted octanol–water partition coefficient (Wildman–Crippen LogP) is 2.50. The molecule has 0 bridgehead atoms. The van der Waals surface area contributed by atoms with Crippen molar-refractivity contribution in [1.82, 2.24) is 14.5 Å². The molecule has 0 unspecified atom stereocenters. The molecule has 0 saturated carbocycles. The van der Waals surface area contributed by atoms with Crippen molar-refractivity contribution in [3.63, 3.8) is 0 Å². The van der Waals surface area contributed by atoms with E-state index in [2.05, 4.69) is 9.97 Å². The van der Waals surface area contributed by atoms with Crippen LogP contribution in [0.1, 0.15) is 19.4 Å². The highest BCUT2D eigenvalue weighted by molar-refractivity contribution is 5.86. The Bertz CT molecular complexity index is 990. The van der Waals surface area contributed by atoms with Gasteiger partial charge in [-0.3, -0.25) is 4.79 Å².